The van der Waals surface area contributed by atoms with Crippen LogP contribution in [0.4, 0.5) is 0 Å². The normalized spacial score (nSPS) is 21.6. The van der Waals surface area contributed by atoms with Crippen molar-refractivity contribution >= 4 is 11.9 Å². The first-order valence-corrected chi connectivity index (χ1v) is 6.52. The maximum atomic E-state index is 12.0. The van der Waals surface area contributed by atoms with Crippen LogP contribution in [0, 0.1) is 18.8 Å². The van der Waals surface area contributed by atoms with Crippen molar-refractivity contribution in [2.45, 2.75) is 26.2 Å². The van der Waals surface area contributed by atoms with Crippen LogP contribution in [-0.4, -0.2) is 33.7 Å². The van der Waals surface area contributed by atoms with Crippen molar-refractivity contribution in [3.8, 4) is 0 Å². The summed E-state index contributed by atoms with van der Waals surface area (Å²) in [6.45, 7) is 2.06. The number of nitrogens with one attached hydrogen (secondary N) is 1. The lowest BCUT2D eigenvalue weighted by Gasteiger charge is -2.24. The van der Waals surface area contributed by atoms with E-state index in [0.29, 0.717) is 37.5 Å². The zero-order chi connectivity index (χ0) is 14.5. The molecule has 0 aromatic carbocycles. The summed E-state index contributed by atoms with van der Waals surface area (Å²) >= 11 is 0. The van der Waals surface area contributed by atoms with Gasteiger partial charge in [-0.2, -0.15) is 4.98 Å². The minimum atomic E-state index is -0.928. The van der Waals surface area contributed by atoms with E-state index < -0.39 is 17.8 Å². The molecule has 0 saturated heterocycles. The Balaban J connectivity index is 1.84. The molecule has 0 aliphatic heterocycles. The lowest BCUT2D eigenvalue weighted by Crippen LogP contribution is -2.39. The summed E-state index contributed by atoms with van der Waals surface area (Å²) in [5.41, 5.74) is 0. The van der Waals surface area contributed by atoms with Gasteiger partial charge >= 0.3 is 5.97 Å². The van der Waals surface area contributed by atoms with E-state index in [-0.39, 0.29) is 5.91 Å². The average Bonchev–Trinajstić information content (AvgIpc) is 2.84. The number of carbonyl (C=O) groups is 2. The first kappa shape index (κ1) is 14.2. The van der Waals surface area contributed by atoms with Gasteiger partial charge in [0.25, 0.3) is 0 Å². The summed E-state index contributed by atoms with van der Waals surface area (Å²) in [6.07, 6.45) is 4.99. The fraction of sp³-hybridized carbons (Fsp3) is 0.538. The molecule has 2 unspecified atom stereocenters. The third-order valence-electron chi connectivity index (χ3n) is 3.30. The van der Waals surface area contributed by atoms with Crippen LogP contribution < -0.4 is 5.32 Å². The molecule has 1 amide bonds. The minimum absolute atomic E-state index is 0.234. The Labute approximate surface area is 116 Å². The highest BCUT2D eigenvalue weighted by Crippen LogP contribution is 2.25. The number of carboxylic acids is 1. The number of aryl methyl sites for hydroxylation is 1. The molecule has 1 aliphatic carbocycles. The average molecular weight is 279 g/mol. The number of hydrogen-bond donors (Lipinski definition) is 2. The molecule has 1 aromatic heterocycles. The van der Waals surface area contributed by atoms with Crippen molar-refractivity contribution < 1.29 is 19.2 Å². The van der Waals surface area contributed by atoms with Gasteiger partial charge in [0.15, 0.2) is 5.82 Å². The minimum Gasteiger partial charge on any atom is -0.481 e. The Hall–Kier alpha value is -2.18. The molecule has 2 rings (SSSR count). The SMILES string of the molecule is Cc1nc(CCNC(=O)C2CC=CCC2C(=O)O)no1. The van der Waals surface area contributed by atoms with Crippen molar-refractivity contribution in [3.63, 3.8) is 0 Å². The van der Waals surface area contributed by atoms with Crippen LogP contribution in [0.15, 0.2) is 16.7 Å². The van der Waals surface area contributed by atoms with Gasteiger partial charge in [-0.05, 0) is 12.8 Å². The van der Waals surface area contributed by atoms with E-state index in [2.05, 4.69) is 15.5 Å². The molecule has 0 spiro atoms. The number of amides is 1. The van der Waals surface area contributed by atoms with Crippen LogP contribution in [0.3, 0.4) is 0 Å². The van der Waals surface area contributed by atoms with Crippen molar-refractivity contribution in [1.29, 1.82) is 0 Å². The van der Waals surface area contributed by atoms with Crippen LogP contribution in [0.25, 0.3) is 0 Å². The number of hydrogen-bond acceptors (Lipinski definition) is 5. The summed E-state index contributed by atoms with van der Waals surface area (Å²) in [4.78, 5) is 27.2. The maximum Gasteiger partial charge on any atom is 0.307 e. The number of carbonyl (C=O) groups excluding carboxylic acids is 1. The Morgan fingerprint density at radius 2 is 2.10 bits per heavy atom. The fourth-order valence-corrected chi connectivity index (χ4v) is 2.25. The van der Waals surface area contributed by atoms with Gasteiger partial charge in [0.1, 0.15) is 0 Å². The van der Waals surface area contributed by atoms with E-state index in [4.69, 9.17) is 9.63 Å². The van der Waals surface area contributed by atoms with Crippen LogP contribution in [0.1, 0.15) is 24.6 Å². The molecule has 0 fully saturated rings. The lowest BCUT2D eigenvalue weighted by atomic mass is 9.82. The van der Waals surface area contributed by atoms with E-state index >= 15 is 0 Å². The molecule has 0 bridgehead atoms. The Kier molecular flexibility index (Phi) is 4.49. The molecule has 2 N–H and O–H groups in total. The van der Waals surface area contributed by atoms with E-state index in [1.54, 1.807) is 6.92 Å². The van der Waals surface area contributed by atoms with Gasteiger partial charge in [-0.1, -0.05) is 17.3 Å². The second-order valence-corrected chi connectivity index (χ2v) is 4.76. The van der Waals surface area contributed by atoms with E-state index in [1.165, 1.54) is 0 Å². The fourth-order valence-electron chi connectivity index (χ4n) is 2.25. The number of carboxylic acid groups (broad SMARTS) is 1. The van der Waals surface area contributed by atoms with Gasteiger partial charge < -0.3 is 14.9 Å². The molecule has 2 atom stereocenters. The highest BCUT2D eigenvalue weighted by molar-refractivity contribution is 5.85. The van der Waals surface area contributed by atoms with Crippen LogP contribution in [0.2, 0.25) is 0 Å². The number of allylic oxidation sites excluding steroid dienone is 2. The standard InChI is InChI=1S/C13H17N3O4/c1-8-15-11(16-20-8)6-7-14-12(17)9-4-2-3-5-10(9)13(18)19/h2-3,9-10H,4-7H2,1H3,(H,14,17)(H,18,19). The molecule has 1 aromatic rings. The molecular formula is C13H17N3O4. The van der Waals surface area contributed by atoms with Crippen molar-refractivity contribution in [1.82, 2.24) is 15.5 Å². The van der Waals surface area contributed by atoms with Crippen LogP contribution >= 0.6 is 0 Å². The second-order valence-electron chi connectivity index (χ2n) is 4.76. The smallest absolute Gasteiger partial charge is 0.307 e. The molecule has 20 heavy (non-hydrogen) atoms. The predicted octanol–water partition coefficient (Wildman–Crippen LogP) is 0.704. The van der Waals surface area contributed by atoms with Crippen molar-refractivity contribution in [2.75, 3.05) is 6.54 Å². The zero-order valence-electron chi connectivity index (χ0n) is 11.2. The molecule has 0 saturated carbocycles. The third-order valence-corrected chi connectivity index (χ3v) is 3.30. The Bertz CT molecular complexity index is 523. The quantitative estimate of drug-likeness (QED) is 0.769. The molecule has 1 heterocycles. The maximum absolute atomic E-state index is 12.0. The largest absolute Gasteiger partial charge is 0.481 e. The summed E-state index contributed by atoms with van der Waals surface area (Å²) in [5, 5.41) is 15.6. The Morgan fingerprint density at radius 3 is 2.70 bits per heavy atom. The van der Waals surface area contributed by atoms with E-state index in [0.717, 1.165) is 0 Å². The molecule has 108 valence electrons. The predicted molar refractivity (Wildman–Crippen MR) is 68.7 cm³/mol. The number of aliphatic carboxylic acids is 1. The summed E-state index contributed by atoms with van der Waals surface area (Å²) < 4.78 is 4.83. The summed E-state index contributed by atoms with van der Waals surface area (Å²) in [6, 6.07) is 0. The van der Waals surface area contributed by atoms with Gasteiger partial charge in [0, 0.05) is 19.9 Å². The third kappa shape index (κ3) is 3.43. The van der Waals surface area contributed by atoms with Gasteiger partial charge in [0.05, 0.1) is 11.8 Å². The molecule has 7 nitrogen and oxygen atoms in total. The van der Waals surface area contributed by atoms with Gasteiger partial charge in [-0.25, -0.2) is 0 Å². The first-order chi connectivity index (χ1) is 9.58. The van der Waals surface area contributed by atoms with Crippen molar-refractivity contribution in [3.05, 3.63) is 23.9 Å². The zero-order valence-corrected chi connectivity index (χ0v) is 11.2. The molecule has 1 aliphatic rings. The summed E-state index contributed by atoms with van der Waals surface area (Å²) in [5.74, 6) is -1.31. The van der Waals surface area contributed by atoms with E-state index in [9.17, 15) is 9.59 Å². The number of aromatic nitrogens is 2. The van der Waals surface area contributed by atoms with E-state index in [1.807, 2.05) is 12.2 Å². The van der Waals surface area contributed by atoms with Gasteiger partial charge in [-0.3, -0.25) is 9.59 Å². The number of rotatable bonds is 5. The lowest BCUT2D eigenvalue weighted by molar-refractivity contribution is -0.147. The first-order valence-electron chi connectivity index (χ1n) is 6.52. The van der Waals surface area contributed by atoms with Gasteiger partial charge in [-0.15, -0.1) is 0 Å². The highest BCUT2D eigenvalue weighted by atomic mass is 16.5. The molecule has 7 heteroatoms. The highest BCUT2D eigenvalue weighted by Gasteiger charge is 2.33. The van der Waals surface area contributed by atoms with Crippen molar-refractivity contribution in [2.24, 2.45) is 11.8 Å². The molecular weight excluding hydrogens is 262 g/mol. The van der Waals surface area contributed by atoms with Gasteiger partial charge in [0.2, 0.25) is 11.8 Å². The number of nitrogens with zero attached hydrogens (tertiary/aromatic N) is 2. The summed E-state index contributed by atoms with van der Waals surface area (Å²) in [7, 11) is 0. The monoisotopic (exact) mass is 279 g/mol. The Morgan fingerprint density at radius 1 is 1.40 bits per heavy atom. The molecule has 0 radical (unpaired) electrons. The van der Waals surface area contributed by atoms with Crippen LogP contribution in [0.5, 0.6) is 0 Å². The second kappa shape index (κ2) is 6.31. The van der Waals surface area contributed by atoms with Crippen LogP contribution in [-0.2, 0) is 16.0 Å². The topological polar surface area (TPSA) is 105 Å².